The zero-order chi connectivity index (χ0) is 14.9. The van der Waals surface area contributed by atoms with Crippen LogP contribution in [-0.2, 0) is 16.4 Å². The Morgan fingerprint density at radius 2 is 1.90 bits per heavy atom. The number of hydrogen-bond acceptors (Lipinski definition) is 4. The third-order valence-electron chi connectivity index (χ3n) is 4.27. The molecule has 2 aliphatic rings. The fourth-order valence-corrected chi connectivity index (χ4v) is 4.21. The van der Waals surface area contributed by atoms with E-state index in [0.29, 0.717) is 17.5 Å². The third-order valence-corrected chi connectivity index (χ3v) is 5.81. The minimum atomic E-state index is -3.41. The summed E-state index contributed by atoms with van der Waals surface area (Å²) in [6.45, 7) is 2.42. The maximum Gasteiger partial charge on any atom is 0.240 e. The van der Waals surface area contributed by atoms with Gasteiger partial charge in [0.1, 0.15) is 0 Å². The van der Waals surface area contributed by atoms with Crippen molar-refractivity contribution in [1.29, 1.82) is 0 Å². The molecule has 0 radical (unpaired) electrons. The average molecular weight is 309 g/mol. The largest absolute Gasteiger partial charge is 0.330 e. The second-order valence-corrected chi connectivity index (χ2v) is 7.73. The SMILES string of the molecule is NCCc1ccc(S(=O)(=O)NC2CCN(C3CC3)C2)cc1. The van der Waals surface area contributed by atoms with Gasteiger partial charge in [0.05, 0.1) is 4.90 Å². The summed E-state index contributed by atoms with van der Waals surface area (Å²) < 4.78 is 27.6. The molecule has 0 aromatic heterocycles. The molecule has 1 saturated carbocycles. The molecule has 1 atom stereocenters. The molecule has 3 N–H and O–H groups in total. The second-order valence-electron chi connectivity index (χ2n) is 6.02. The van der Waals surface area contributed by atoms with E-state index in [9.17, 15) is 8.42 Å². The Morgan fingerprint density at radius 3 is 2.52 bits per heavy atom. The van der Waals surface area contributed by atoms with Crippen LogP contribution in [0, 0.1) is 0 Å². The van der Waals surface area contributed by atoms with Crippen molar-refractivity contribution in [3.63, 3.8) is 0 Å². The van der Waals surface area contributed by atoms with Crippen LogP contribution in [-0.4, -0.2) is 45.0 Å². The summed E-state index contributed by atoms with van der Waals surface area (Å²) in [6.07, 6.45) is 4.21. The van der Waals surface area contributed by atoms with Gasteiger partial charge in [0.25, 0.3) is 0 Å². The zero-order valence-electron chi connectivity index (χ0n) is 12.2. The molecular formula is C15H23N3O2S. The van der Waals surface area contributed by atoms with Crippen molar-refractivity contribution in [3.8, 4) is 0 Å². The summed E-state index contributed by atoms with van der Waals surface area (Å²) in [7, 11) is -3.41. The molecule has 2 fully saturated rings. The van der Waals surface area contributed by atoms with Gasteiger partial charge in [-0.3, -0.25) is 4.90 Å². The minimum absolute atomic E-state index is 0.0410. The highest BCUT2D eigenvalue weighted by Gasteiger charge is 2.35. The predicted molar refractivity (Wildman–Crippen MR) is 82.5 cm³/mol. The summed E-state index contributed by atoms with van der Waals surface area (Å²) >= 11 is 0. The summed E-state index contributed by atoms with van der Waals surface area (Å²) in [5.41, 5.74) is 6.57. The summed E-state index contributed by atoms with van der Waals surface area (Å²) in [5.74, 6) is 0. The highest BCUT2D eigenvalue weighted by molar-refractivity contribution is 7.89. The lowest BCUT2D eigenvalue weighted by atomic mass is 10.2. The second kappa shape index (κ2) is 6.04. The number of nitrogens with one attached hydrogen (secondary N) is 1. The summed E-state index contributed by atoms with van der Waals surface area (Å²) in [4.78, 5) is 2.74. The first-order valence-electron chi connectivity index (χ1n) is 7.64. The van der Waals surface area contributed by atoms with Crippen LogP contribution in [0.4, 0.5) is 0 Å². The van der Waals surface area contributed by atoms with Crippen molar-refractivity contribution in [2.45, 2.75) is 42.7 Å². The van der Waals surface area contributed by atoms with Gasteiger partial charge in [-0.1, -0.05) is 12.1 Å². The van der Waals surface area contributed by atoms with Crippen molar-refractivity contribution in [2.24, 2.45) is 5.73 Å². The molecule has 0 bridgehead atoms. The van der Waals surface area contributed by atoms with Crippen molar-refractivity contribution in [3.05, 3.63) is 29.8 Å². The van der Waals surface area contributed by atoms with Crippen LogP contribution in [0.5, 0.6) is 0 Å². The highest BCUT2D eigenvalue weighted by atomic mass is 32.2. The van der Waals surface area contributed by atoms with Crippen LogP contribution in [0.25, 0.3) is 0 Å². The number of nitrogens with two attached hydrogens (primary N) is 1. The van der Waals surface area contributed by atoms with E-state index >= 15 is 0 Å². The first-order chi connectivity index (χ1) is 10.1. The van der Waals surface area contributed by atoms with Crippen molar-refractivity contribution in [2.75, 3.05) is 19.6 Å². The zero-order valence-corrected chi connectivity index (χ0v) is 13.0. The van der Waals surface area contributed by atoms with Gasteiger partial charge < -0.3 is 5.73 Å². The van der Waals surface area contributed by atoms with Gasteiger partial charge in [-0.25, -0.2) is 13.1 Å². The molecule has 1 saturated heterocycles. The van der Waals surface area contributed by atoms with Crippen LogP contribution in [0.3, 0.4) is 0 Å². The molecule has 1 unspecified atom stereocenters. The molecule has 1 aliphatic carbocycles. The van der Waals surface area contributed by atoms with Gasteiger partial charge in [-0.2, -0.15) is 0 Å². The lowest BCUT2D eigenvalue weighted by molar-refractivity contribution is 0.322. The van der Waals surface area contributed by atoms with Gasteiger partial charge in [0, 0.05) is 25.2 Å². The fraction of sp³-hybridized carbons (Fsp3) is 0.600. The lowest BCUT2D eigenvalue weighted by Crippen LogP contribution is -2.37. The summed E-state index contributed by atoms with van der Waals surface area (Å²) in [5, 5.41) is 0. The molecule has 3 rings (SSSR count). The molecule has 0 spiro atoms. The Hall–Kier alpha value is -0.950. The van der Waals surface area contributed by atoms with Crippen LogP contribution in [0.15, 0.2) is 29.2 Å². The number of rotatable bonds is 6. The molecule has 1 aliphatic heterocycles. The lowest BCUT2D eigenvalue weighted by Gasteiger charge is -2.16. The molecule has 6 heteroatoms. The smallest absolute Gasteiger partial charge is 0.240 e. The topological polar surface area (TPSA) is 75.4 Å². The van der Waals surface area contributed by atoms with Crippen LogP contribution in [0.1, 0.15) is 24.8 Å². The van der Waals surface area contributed by atoms with Crippen LogP contribution >= 0.6 is 0 Å². The Labute approximate surface area is 126 Å². The highest BCUT2D eigenvalue weighted by Crippen LogP contribution is 2.30. The van der Waals surface area contributed by atoms with E-state index in [-0.39, 0.29) is 6.04 Å². The number of hydrogen-bond donors (Lipinski definition) is 2. The normalized spacial score (nSPS) is 23.6. The van der Waals surface area contributed by atoms with Gasteiger partial charge in [0.2, 0.25) is 10.0 Å². The van der Waals surface area contributed by atoms with Crippen LogP contribution in [0.2, 0.25) is 0 Å². The molecule has 1 aromatic rings. The monoisotopic (exact) mass is 309 g/mol. The van der Waals surface area contributed by atoms with E-state index in [4.69, 9.17) is 5.73 Å². The molecule has 1 aromatic carbocycles. The van der Waals surface area contributed by atoms with E-state index < -0.39 is 10.0 Å². The van der Waals surface area contributed by atoms with E-state index in [1.165, 1.54) is 12.8 Å². The van der Waals surface area contributed by atoms with E-state index in [1.807, 2.05) is 12.1 Å². The van der Waals surface area contributed by atoms with E-state index in [0.717, 1.165) is 31.5 Å². The molecule has 116 valence electrons. The fourth-order valence-electron chi connectivity index (χ4n) is 2.94. The van der Waals surface area contributed by atoms with Gasteiger partial charge in [-0.05, 0) is 49.9 Å². The minimum Gasteiger partial charge on any atom is -0.330 e. The number of benzene rings is 1. The Kier molecular flexibility index (Phi) is 4.31. The molecule has 0 amide bonds. The average Bonchev–Trinajstić information content (AvgIpc) is 3.21. The number of likely N-dealkylation sites (tertiary alicyclic amines) is 1. The maximum atomic E-state index is 12.4. The van der Waals surface area contributed by atoms with Gasteiger partial charge in [0.15, 0.2) is 0 Å². The van der Waals surface area contributed by atoms with Crippen LogP contribution < -0.4 is 10.5 Å². The number of nitrogens with zero attached hydrogens (tertiary/aromatic N) is 1. The standard InChI is InChI=1S/C15H23N3O2S/c16-9-7-12-1-5-15(6-2-12)21(19,20)17-13-8-10-18(11-13)14-3-4-14/h1-2,5-6,13-14,17H,3-4,7-11,16H2. The molecule has 1 heterocycles. The first kappa shape index (κ1) is 15.0. The Balaban J connectivity index is 1.63. The molecule has 5 nitrogen and oxygen atoms in total. The van der Waals surface area contributed by atoms with Crippen molar-refractivity contribution < 1.29 is 8.42 Å². The predicted octanol–water partition coefficient (Wildman–Crippen LogP) is 0.703. The third kappa shape index (κ3) is 3.63. The Morgan fingerprint density at radius 1 is 1.19 bits per heavy atom. The van der Waals surface area contributed by atoms with Gasteiger partial charge in [-0.15, -0.1) is 0 Å². The maximum absolute atomic E-state index is 12.4. The van der Waals surface area contributed by atoms with E-state index in [2.05, 4.69) is 9.62 Å². The van der Waals surface area contributed by atoms with Crippen molar-refractivity contribution >= 4 is 10.0 Å². The Bertz CT molecular complexity index is 581. The molecular weight excluding hydrogens is 286 g/mol. The van der Waals surface area contributed by atoms with E-state index in [1.54, 1.807) is 12.1 Å². The summed E-state index contributed by atoms with van der Waals surface area (Å²) in [6, 6.07) is 7.76. The number of sulfonamides is 1. The first-order valence-corrected chi connectivity index (χ1v) is 9.12. The molecule has 21 heavy (non-hydrogen) atoms. The van der Waals surface area contributed by atoms with Gasteiger partial charge >= 0.3 is 0 Å². The quantitative estimate of drug-likeness (QED) is 0.811. The van der Waals surface area contributed by atoms with Crippen molar-refractivity contribution in [1.82, 2.24) is 9.62 Å².